The minimum atomic E-state index is -2.65. The Morgan fingerprint density at radius 1 is 0.373 bits per heavy atom. The van der Waals surface area contributed by atoms with Crippen LogP contribution in [0.25, 0.3) is 23.0 Å². The van der Waals surface area contributed by atoms with Gasteiger partial charge in [0.15, 0.2) is 45.5 Å². The first kappa shape index (κ1) is 106. The second-order valence-corrected chi connectivity index (χ2v) is 38.2. The van der Waals surface area contributed by atoms with Crippen LogP contribution in [-0.2, 0) is 129 Å². The monoisotopic (exact) mass is 1970 g/mol. The zero-order valence-corrected chi connectivity index (χ0v) is 79.8. The lowest BCUT2D eigenvalue weighted by Crippen LogP contribution is -2.65. The Labute approximate surface area is 812 Å². The zero-order chi connectivity index (χ0) is 105. The number of rotatable bonds is 25. The van der Waals surface area contributed by atoms with Gasteiger partial charge in [-0.1, -0.05) is 30.3 Å². The largest absolute Gasteiger partial charge is 0.508 e. The quantitative estimate of drug-likeness (QED) is 0.0187. The number of nitrogens with zero attached hydrogens (tertiary/aromatic N) is 4. The number of phenolic OH excluding ortho intramolecular Hbond substituents is 4. The van der Waals surface area contributed by atoms with Crippen molar-refractivity contribution in [2.75, 3.05) is 76.2 Å². The molecule has 16 rings (SSSR count). The molecule has 0 spiro atoms. The number of primary amides is 4. The van der Waals surface area contributed by atoms with Gasteiger partial charge in [0.25, 0.3) is 23.6 Å². The maximum Gasteiger partial charge on any atom is 0.255 e. The van der Waals surface area contributed by atoms with Crippen molar-refractivity contribution in [2.24, 2.45) is 70.3 Å². The Morgan fingerprint density at radius 3 is 0.775 bits per heavy atom. The fourth-order valence-electron chi connectivity index (χ4n) is 22.9. The second-order valence-electron chi connectivity index (χ2n) is 38.2. The number of amides is 4. The normalized spacial score (nSPS) is 28.0. The molecule has 0 bridgehead atoms. The van der Waals surface area contributed by atoms with E-state index in [4.69, 9.17) is 42.3 Å². The molecule has 4 fully saturated rings. The molecule has 12 aliphatic carbocycles. The van der Waals surface area contributed by atoms with Crippen molar-refractivity contribution in [2.45, 2.75) is 158 Å². The Morgan fingerprint density at radius 2 is 0.585 bits per heavy atom. The molecule has 0 unspecified atom stereocenters. The highest BCUT2D eigenvalue weighted by atomic mass is 16.7. The molecule has 0 aromatic heterocycles. The molecule has 0 saturated heterocycles. The van der Waals surface area contributed by atoms with Crippen molar-refractivity contribution in [1.82, 2.24) is 41.5 Å². The van der Waals surface area contributed by atoms with Crippen LogP contribution in [-0.4, -0.2) is 300 Å². The number of carbonyl (C=O) groups is 12. The maximum absolute atomic E-state index is 13.8. The summed E-state index contributed by atoms with van der Waals surface area (Å²) in [6.07, 6.45) is 2.53. The molecule has 12 aliphatic rings. The summed E-state index contributed by atoms with van der Waals surface area (Å²) in [7, 11) is 12.5. The number of aromatic hydroxyl groups is 4. The van der Waals surface area contributed by atoms with Gasteiger partial charge in [-0.05, 0) is 228 Å². The number of carbonyl (C=O) groups excluding carboxylic acids is 12. The van der Waals surface area contributed by atoms with E-state index in [1.165, 1.54) is 43.9 Å². The number of nitrogens with two attached hydrogens (primary N) is 4. The number of nitrogens with one attached hydrogen (secondary N) is 4. The number of benzene rings is 4. The van der Waals surface area contributed by atoms with Crippen LogP contribution in [0.15, 0.2) is 129 Å². The maximum atomic E-state index is 13.8. The first-order valence-electron chi connectivity index (χ1n) is 45.7. The molecule has 762 valence electrons. The summed E-state index contributed by atoms with van der Waals surface area (Å²) in [5.41, 5.74) is 23.3. The Kier molecular flexibility index (Phi) is 30.1. The molecule has 4 aromatic rings. The van der Waals surface area contributed by atoms with E-state index in [0.717, 1.165) is 16.7 Å². The van der Waals surface area contributed by atoms with E-state index in [9.17, 15) is 139 Å². The summed E-state index contributed by atoms with van der Waals surface area (Å²) in [5.74, 6) is -26.8. The van der Waals surface area contributed by atoms with Crippen molar-refractivity contribution in [1.29, 1.82) is 0 Å². The highest BCUT2D eigenvalue weighted by Gasteiger charge is 2.70. The lowest BCUT2D eigenvalue weighted by Gasteiger charge is -2.50. The standard InChI is InChI=1S/C25H31N3O8.C25H29N3O8.2C24H29N3O8/c1-10(2)36-27-9-11-5-6-15(29)17-13(11)7-12-8-14-19(28(3)4)21(31)18(24(26)34)23(33)25(14,35)22(32)16(12)20(17)30;1-4-7-36-27-10-11-5-6-15(29)17-13(11)8-12-9-14-19(28(2)3)21(31)18(24(26)34)23(33)25(14,35)22(32)16(12)20(17)30;2*1-4-35-26-9-10-5-6-14(28)16-12(10)7-11-8-13-18(27(2)3)20(30)17(23(25)33)22(32)24(13,34)21(31)15(11)19(16)29/h5-6,10,12,14,19,27,29-30,33,35H,7-9H2,1-4H3,(H2,26,34);4-6,12,14,19,27,29-30,33,35H,1,7-10H2,2-3H3,(H2,26,34);2*5-6,11,13,18,26,28-29,32,34H,4,7-9H2,1-3H3,(H2,25,33)/t2*12-,14-,19-,25-;11-,13-,18+,24-;11-,13-,18-,24-/m0000/s1. The molecule has 44 heteroatoms. The first-order valence-corrected chi connectivity index (χ1v) is 45.7. The van der Waals surface area contributed by atoms with Crippen molar-refractivity contribution in [3.8, 4) is 23.0 Å². The summed E-state index contributed by atoms with van der Waals surface area (Å²) in [6, 6.07) is 7.76. The van der Waals surface area contributed by atoms with Crippen LogP contribution in [0.4, 0.5) is 0 Å². The van der Waals surface area contributed by atoms with E-state index in [-0.39, 0.29) is 158 Å². The first-order chi connectivity index (χ1) is 66.7. The molecule has 4 amide bonds. The molecular formula is C98H118N12O32. The summed E-state index contributed by atoms with van der Waals surface area (Å²) in [4.78, 5) is 182. The van der Waals surface area contributed by atoms with Crippen LogP contribution in [0.1, 0.15) is 120 Å². The van der Waals surface area contributed by atoms with Gasteiger partial charge in [0.2, 0.25) is 23.1 Å². The van der Waals surface area contributed by atoms with Crippen LogP contribution in [0, 0.1) is 47.3 Å². The SMILES string of the molecule is C=CCONCc1ccc(O)c2c1C[C@H]1C[C@H]3[C@H](N(C)C)C(=O)C(C(N)=O)=C(O)[C@@]3(O)C(=O)C1=C2O.CC(C)ONCc1ccc(O)c2c1C[C@H]1C[C@H]3[C@H](N(C)C)C(=O)C(C(N)=O)=C(O)[C@@]3(O)C(=O)C1=C2O.CCONCc1ccc(O)c2c1C[C@H]1C[C@H]3[C@@H](N(C)C)C(=O)C(C(N)=O)=C(O)[C@@]3(O)C(=O)C1=C2O.CCONCc1ccc(O)c2c1C[C@H]1C[C@H]3[C@H](N(C)C)C(=O)C(C(N)=O)=C(O)[C@@]3(O)C(=O)C1=C2O. The van der Waals surface area contributed by atoms with Crippen LogP contribution in [0.2, 0.25) is 0 Å². The van der Waals surface area contributed by atoms with Gasteiger partial charge in [0.05, 0.1) is 72.3 Å². The Balaban J connectivity index is 0.000000159. The smallest absolute Gasteiger partial charge is 0.255 e. The number of phenols is 4. The van der Waals surface area contributed by atoms with Gasteiger partial charge in [0.1, 0.15) is 91.4 Å². The van der Waals surface area contributed by atoms with Gasteiger partial charge in [-0.25, -0.2) is 0 Å². The molecule has 0 aliphatic heterocycles. The molecule has 142 heavy (non-hydrogen) atoms. The minimum absolute atomic E-state index is 0.0290. The topological polar surface area (TPSA) is 731 Å². The molecule has 0 heterocycles. The van der Waals surface area contributed by atoms with Gasteiger partial charge in [-0.3, -0.25) is 86.8 Å². The van der Waals surface area contributed by atoms with Gasteiger partial charge >= 0.3 is 0 Å². The number of ketones is 8. The van der Waals surface area contributed by atoms with Crippen molar-refractivity contribution in [3.63, 3.8) is 0 Å². The van der Waals surface area contributed by atoms with Crippen LogP contribution < -0.4 is 44.9 Å². The van der Waals surface area contributed by atoms with E-state index in [0.29, 0.717) is 41.0 Å². The lowest BCUT2D eigenvalue weighted by atomic mass is 9.57. The number of hydrogen-bond acceptors (Lipinski definition) is 40. The van der Waals surface area contributed by atoms with Gasteiger partial charge in [-0.2, -0.15) is 21.9 Å². The molecule has 4 saturated carbocycles. The van der Waals surface area contributed by atoms with Crippen LogP contribution in [0.3, 0.4) is 0 Å². The van der Waals surface area contributed by atoms with E-state index in [2.05, 4.69) is 28.5 Å². The van der Waals surface area contributed by atoms with Gasteiger partial charge in [0, 0.05) is 72.1 Å². The van der Waals surface area contributed by atoms with E-state index in [1.54, 1.807) is 86.7 Å². The second kappa shape index (κ2) is 40.3. The summed E-state index contributed by atoms with van der Waals surface area (Å²) >= 11 is 0. The average Bonchev–Trinajstić information content (AvgIpc) is 0.710. The predicted octanol–water partition coefficient (Wildman–Crippen LogP) is 0.575. The number of likely N-dealkylation sites (N-methyl/N-ethyl adjacent to an activating group) is 4. The third-order valence-electron chi connectivity index (χ3n) is 29.0. The number of fused-ring (bicyclic) bond motifs is 12. The fourth-order valence-corrected chi connectivity index (χ4v) is 22.9. The molecule has 44 nitrogen and oxygen atoms in total. The average molecular weight is 1980 g/mol. The summed E-state index contributed by atoms with van der Waals surface area (Å²) in [6.45, 7) is 13.1. The number of aliphatic hydroxyl groups is 12. The fraction of sp³-hybridized carbons (Fsp3) is 0.449. The summed E-state index contributed by atoms with van der Waals surface area (Å²) < 4.78 is 0. The molecular weight excluding hydrogens is 1860 g/mol. The van der Waals surface area contributed by atoms with Crippen LogP contribution >= 0.6 is 0 Å². The molecule has 16 atom stereocenters. The number of aliphatic hydroxyl groups excluding tert-OH is 8. The summed E-state index contributed by atoms with van der Waals surface area (Å²) in [5, 5.41) is 177. The number of hydrogen-bond donors (Lipinski definition) is 24. The van der Waals surface area contributed by atoms with E-state index < -0.39 is 232 Å². The predicted molar refractivity (Wildman–Crippen MR) is 500 cm³/mol. The third-order valence-corrected chi connectivity index (χ3v) is 29.0. The van der Waals surface area contributed by atoms with E-state index in [1.807, 2.05) is 27.7 Å². The highest BCUT2D eigenvalue weighted by Crippen LogP contribution is 2.59. The van der Waals surface area contributed by atoms with Crippen molar-refractivity contribution < 1.29 is 159 Å². The highest BCUT2D eigenvalue weighted by molar-refractivity contribution is 6.28. The lowest BCUT2D eigenvalue weighted by molar-refractivity contribution is -0.155. The number of hydroxylamine groups is 4. The van der Waals surface area contributed by atoms with E-state index >= 15 is 0 Å². The molecule has 0 radical (unpaired) electrons. The minimum Gasteiger partial charge on any atom is -0.508 e. The third kappa shape index (κ3) is 17.3. The Hall–Kier alpha value is -13.3. The zero-order valence-electron chi connectivity index (χ0n) is 79.8. The molecule has 4 aromatic carbocycles. The Bertz CT molecular complexity index is 6130. The van der Waals surface area contributed by atoms with Crippen LogP contribution in [0.5, 0.6) is 23.0 Å². The number of Topliss-reactive ketones (excluding diaryl/α,β-unsaturated/α-hetero) is 8. The van der Waals surface area contributed by atoms with Crippen molar-refractivity contribution >= 4 is 92.9 Å². The van der Waals surface area contributed by atoms with Gasteiger partial charge in [-0.15, -0.1) is 6.58 Å². The van der Waals surface area contributed by atoms with Crippen molar-refractivity contribution in [3.05, 3.63) is 196 Å². The molecule has 28 N–H and O–H groups in total. The van der Waals surface area contributed by atoms with Gasteiger partial charge < -0.3 is 114 Å².